The van der Waals surface area contributed by atoms with Gasteiger partial charge in [-0.1, -0.05) is 30.3 Å². The lowest BCUT2D eigenvalue weighted by Gasteiger charge is -2.25. The van der Waals surface area contributed by atoms with Crippen molar-refractivity contribution in [1.82, 2.24) is 20.0 Å². The van der Waals surface area contributed by atoms with Gasteiger partial charge in [-0.2, -0.15) is 5.10 Å². The quantitative estimate of drug-likeness (QED) is 0.828. The second kappa shape index (κ2) is 7.75. The summed E-state index contributed by atoms with van der Waals surface area (Å²) in [6.07, 6.45) is 1.21. The number of amides is 2. The molecule has 7 nitrogen and oxygen atoms in total. The van der Waals surface area contributed by atoms with E-state index in [2.05, 4.69) is 10.2 Å². The first-order valence-corrected chi connectivity index (χ1v) is 9.75. The van der Waals surface area contributed by atoms with E-state index in [-0.39, 0.29) is 30.5 Å². The van der Waals surface area contributed by atoms with Crippen molar-refractivity contribution in [3.63, 3.8) is 0 Å². The van der Waals surface area contributed by atoms with Crippen LogP contribution in [0.3, 0.4) is 0 Å². The van der Waals surface area contributed by atoms with Crippen molar-refractivity contribution in [3.05, 3.63) is 52.8 Å². The number of aromatic amines is 1. The van der Waals surface area contributed by atoms with E-state index in [1.165, 1.54) is 0 Å². The second-order valence-corrected chi connectivity index (χ2v) is 7.63. The highest BCUT2D eigenvalue weighted by Crippen LogP contribution is 2.34. The van der Waals surface area contributed by atoms with Gasteiger partial charge < -0.3 is 14.5 Å². The number of carbonyl (C=O) groups excluding carboxylic acids is 2. The van der Waals surface area contributed by atoms with Crippen LogP contribution in [0.25, 0.3) is 0 Å². The average molecular weight is 382 g/mol. The molecule has 1 aromatic heterocycles. The van der Waals surface area contributed by atoms with Crippen LogP contribution in [-0.4, -0.2) is 57.0 Å². The fraction of sp³-hybridized carbons (Fsp3) is 0.476. The Morgan fingerprint density at radius 2 is 2.04 bits per heavy atom. The third-order valence-corrected chi connectivity index (χ3v) is 5.88. The van der Waals surface area contributed by atoms with E-state index in [0.29, 0.717) is 26.1 Å². The van der Waals surface area contributed by atoms with E-state index < -0.39 is 0 Å². The predicted molar refractivity (Wildman–Crippen MR) is 103 cm³/mol. The monoisotopic (exact) mass is 382 g/mol. The van der Waals surface area contributed by atoms with Crippen LogP contribution in [0, 0.1) is 13.8 Å². The van der Waals surface area contributed by atoms with Crippen molar-refractivity contribution in [2.75, 3.05) is 13.2 Å². The molecule has 2 aromatic rings. The van der Waals surface area contributed by atoms with Crippen molar-refractivity contribution >= 4 is 11.8 Å². The molecule has 3 heterocycles. The highest BCUT2D eigenvalue weighted by Gasteiger charge is 2.48. The van der Waals surface area contributed by atoms with Crippen LogP contribution in [-0.2, 0) is 27.5 Å². The van der Waals surface area contributed by atoms with Gasteiger partial charge in [0.25, 0.3) is 0 Å². The number of aryl methyl sites for hydroxylation is 2. The van der Waals surface area contributed by atoms with Crippen LogP contribution in [0.2, 0.25) is 0 Å². The molecule has 2 fully saturated rings. The molecule has 0 aliphatic carbocycles. The van der Waals surface area contributed by atoms with Crippen molar-refractivity contribution in [3.8, 4) is 0 Å². The second-order valence-electron chi connectivity index (χ2n) is 7.63. The van der Waals surface area contributed by atoms with Crippen molar-refractivity contribution in [2.45, 2.75) is 51.9 Å². The summed E-state index contributed by atoms with van der Waals surface area (Å²) < 4.78 is 5.61. The molecule has 28 heavy (non-hydrogen) atoms. The summed E-state index contributed by atoms with van der Waals surface area (Å²) in [5.74, 6) is 0.0754. The lowest BCUT2D eigenvalue weighted by atomic mass is 10.1. The molecule has 0 unspecified atom stereocenters. The molecule has 7 heteroatoms. The van der Waals surface area contributed by atoms with Gasteiger partial charge in [0.1, 0.15) is 6.61 Å². The maximum Gasteiger partial charge on any atom is 0.248 e. The molecule has 2 aliphatic heterocycles. The van der Waals surface area contributed by atoms with Crippen LogP contribution in [0.1, 0.15) is 35.4 Å². The molecule has 1 N–H and O–H groups in total. The zero-order valence-electron chi connectivity index (χ0n) is 16.4. The Morgan fingerprint density at radius 3 is 2.75 bits per heavy atom. The first-order chi connectivity index (χ1) is 13.5. The number of aromatic nitrogens is 2. The number of ether oxygens (including phenoxy) is 1. The summed E-state index contributed by atoms with van der Waals surface area (Å²) in [5, 5.41) is 7.21. The lowest BCUT2D eigenvalue weighted by molar-refractivity contribution is -0.137. The van der Waals surface area contributed by atoms with E-state index in [1.54, 1.807) is 0 Å². The third-order valence-electron chi connectivity index (χ3n) is 5.88. The highest BCUT2D eigenvalue weighted by atomic mass is 16.5. The smallest absolute Gasteiger partial charge is 0.248 e. The molecule has 2 saturated heterocycles. The first-order valence-electron chi connectivity index (χ1n) is 9.75. The summed E-state index contributed by atoms with van der Waals surface area (Å²) in [6.45, 7) is 5.62. The van der Waals surface area contributed by atoms with Crippen LogP contribution in [0.5, 0.6) is 0 Å². The molecular formula is C21H26N4O3. The minimum absolute atomic E-state index is 0.0336. The van der Waals surface area contributed by atoms with Gasteiger partial charge in [-0.3, -0.25) is 14.7 Å². The summed E-state index contributed by atoms with van der Waals surface area (Å²) in [5.41, 5.74) is 4.04. The van der Waals surface area contributed by atoms with Gasteiger partial charge in [0, 0.05) is 30.8 Å². The van der Waals surface area contributed by atoms with Gasteiger partial charge in [0.05, 0.1) is 24.4 Å². The van der Waals surface area contributed by atoms with Crippen LogP contribution < -0.4 is 0 Å². The number of carbonyl (C=O) groups is 2. The van der Waals surface area contributed by atoms with E-state index in [1.807, 2.05) is 54.0 Å². The number of benzene rings is 1. The molecule has 0 saturated carbocycles. The molecule has 1 aromatic carbocycles. The largest absolute Gasteiger partial charge is 0.367 e. The maximum atomic E-state index is 12.7. The SMILES string of the molecule is Cc1n[nH]c(C)c1CN1C(=O)C[C@H]2[C@@H]1CCN2C(=O)COCc1ccccc1. The van der Waals surface area contributed by atoms with Gasteiger partial charge >= 0.3 is 0 Å². The molecule has 4 rings (SSSR count). The van der Waals surface area contributed by atoms with Crippen molar-refractivity contribution in [2.24, 2.45) is 0 Å². The zero-order valence-corrected chi connectivity index (χ0v) is 16.4. The molecule has 2 aliphatic rings. The van der Waals surface area contributed by atoms with Crippen LogP contribution in [0.4, 0.5) is 0 Å². The Kier molecular flexibility index (Phi) is 5.17. The Morgan fingerprint density at radius 1 is 1.25 bits per heavy atom. The van der Waals surface area contributed by atoms with E-state index in [4.69, 9.17) is 4.74 Å². The van der Waals surface area contributed by atoms with Gasteiger partial charge in [0.15, 0.2) is 0 Å². The average Bonchev–Trinajstić information content (AvgIpc) is 3.33. The molecule has 2 atom stereocenters. The van der Waals surface area contributed by atoms with Gasteiger partial charge in [-0.25, -0.2) is 0 Å². The minimum atomic E-state index is -0.0483. The fourth-order valence-corrected chi connectivity index (χ4v) is 4.33. The number of fused-ring (bicyclic) bond motifs is 1. The molecule has 0 spiro atoms. The lowest BCUT2D eigenvalue weighted by Crippen LogP contribution is -2.41. The maximum absolute atomic E-state index is 12.7. The zero-order chi connectivity index (χ0) is 19.7. The standard InChI is InChI=1S/C21H26N4O3/c1-14-17(15(2)23-22-14)11-25-18-8-9-24(19(18)10-20(25)26)21(27)13-28-12-16-6-4-3-5-7-16/h3-7,18-19H,8-13H2,1-2H3,(H,22,23)/t18-,19-/m0/s1. The normalized spacial score (nSPS) is 21.4. The Hall–Kier alpha value is -2.67. The highest BCUT2D eigenvalue weighted by molar-refractivity contribution is 5.84. The Labute approximate surface area is 164 Å². The number of hydrogen-bond donors (Lipinski definition) is 1. The molecule has 2 amide bonds. The molecule has 0 radical (unpaired) electrons. The number of H-pyrrole nitrogens is 1. The Bertz CT molecular complexity index is 844. The Balaban J connectivity index is 1.36. The van der Waals surface area contributed by atoms with E-state index in [9.17, 15) is 9.59 Å². The molecule has 0 bridgehead atoms. The number of likely N-dealkylation sites (tertiary alicyclic amines) is 2. The van der Waals surface area contributed by atoms with Crippen molar-refractivity contribution < 1.29 is 14.3 Å². The number of nitrogens with one attached hydrogen (secondary N) is 1. The summed E-state index contributed by atoms with van der Waals surface area (Å²) in [7, 11) is 0. The third kappa shape index (κ3) is 3.54. The van der Waals surface area contributed by atoms with Gasteiger partial charge in [-0.05, 0) is 25.8 Å². The first kappa shape index (κ1) is 18.7. The molecular weight excluding hydrogens is 356 g/mol. The summed E-state index contributed by atoms with van der Waals surface area (Å²) in [4.78, 5) is 29.1. The van der Waals surface area contributed by atoms with Crippen LogP contribution >= 0.6 is 0 Å². The number of rotatable bonds is 6. The van der Waals surface area contributed by atoms with Crippen molar-refractivity contribution in [1.29, 1.82) is 0 Å². The van der Waals surface area contributed by atoms with E-state index in [0.717, 1.165) is 28.9 Å². The van der Waals surface area contributed by atoms with Crippen LogP contribution in [0.15, 0.2) is 30.3 Å². The predicted octanol–water partition coefficient (Wildman–Crippen LogP) is 1.95. The van der Waals surface area contributed by atoms with Gasteiger partial charge in [-0.15, -0.1) is 0 Å². The topological polar surface area (TPSA) is 78.5 Å². The molecule has 148 valence electrons. The summed E-state index contributed by atoms with van der Waals surface area (Å²) in [6, 6.07) is 9.84. The van der Waals surface area contributed by atoms with Gasteiger partial charge in [0.2, 0.25) is 11.8 Å². The van der Waals surface area contributed by atoms with E-state index >= 15 is 0 Å². The number of nitrogens with zero attached hydrogens (tertiary/aromatic N) is 3. The summed E-state index contributed by atoms with van der Waals surface area (Å²) >= 11 is 0. The number of hydrogen-bond acceptors (Lipinski definition) is 4. The fourth-order valence-electron chi connectivity index (χ4n) is 4.33. The minimum Gasteiger partial charge on any atom is -0.367 e.